The predicted octanol–water partition coefficient (Wildman–Crippen LogP) is 2.49. The summed E-state index contributed by atoms with van der Waals surface area (Å²) >= 11 is 0. The number of rotatable bonds is 2. The van der Waals surface area contributed by atoms with Gasteiger partial charge in [0.2, 0.25) is 0 Å². The van der Waals surface area contributed by atoms with Crippen molar-refractivity contribution in [2.45, 2.75) is 55.6 Å². The Labute approximate surface area is 107 Å². The maximum Gasteiger partial charge on any atom is 0.127 e. The molecule has 0 heterocycles. The lowest BCUT2D eigenvalue weighted by molar-refractivity contribution is 0.0801. The van der Waals surface area contributed by atoms with Crippen LogP contribution in [0.1, 0.15) is 44.1 Å². The van der Waals surface area contributed by atoms with Gasteiger partial charge in [-0.25, -0.2) is 4.39 Å². The zero-order chi connectivity index (χ0) is 12.8. The second-order valence-electron chi connectivity index (χ2n) is 5.95. The first-order valence-electron chi connectivity index (χ1n) is 6.79. The smallest absolute Gasteiger partial charge is 0.127 e. The molecule has 3 heteroatoms. The highest BCUT2D eigenvalue weighted by Gasteiger charge is 2.58. The van der Waals surface area contributed by atoms with Crippen LogP contribution in [-0.4, -0.2) is 16.7 Å². The Balaban J connectivity index is 2.04. The molecule has 2 nitrogen and oxygen atoms in total. The summed E-state index contributed by atoms with van der Waals surface area (Å²) in [6, 6.07) is 7.01. The van der Waals surface area contributed by atoms with Gasteiger partial charge in [-0.2, -0.15) is 0 Å². The van der Waals surface area contributed by atoms with Crippen molar-refractivity contribution in [2.24, 2.45) is 5.73 Å². The highest BCUT2D eigenvalue weighted by Crippen LogP contribution is 2.56. The molecule has 2 fully saturated rings. The number of aliphatic hydroxyl groups excluding tert-OH is 1. The molecular formula is C15H20FNO. The van der Waals surface area contributed by atoms with Crippen LogP contribution in [0.25, 0.3) is 0 Å². The zero-order valence-electron chi connectivity index (χ0n) is 10.5. The molecule has 0 amide bonds. The first kappa shape index (κ1) is 12.1. The maximum atomic E-state index is 14.2. The quantitative estimate of drug-likeness (QED) is 0.846. The number of hydrogen-bond donors (Lipinski definition) is 2. The van der Waals surface area contributed by atoms with E-state index in [4.69, 9.17) is 5.73 Å². The topological polar surface area (TPSA) is 46.2 Å². The lowest BCUT2D eigenvalue weighted by Gasteiger charge is -2.44. The molecule has 98 valence electrons. The summed E-state index contributed by atoms with van der Waals surface area (Å²) in [7, 11) is 0. The number of aliphatic hydroxyl groups is 1. The van der Waals surface area contributed by atoms with Crippen LogP contribution in [0.3, 0.4) is 0 Å². The fourth-order valence-corrected chi connectivity index (χ4v) is 3.59. The average molecular weight is 249 g/mol. The van der Waals surface area contributed by atoms with Gasteiger partial charge < -0.3 is 10.8 Å². The van der Waals surface area contributed by atoms with Gasteiger partial charge in [-0.3, -0.25) is 0 Å². The molecule has 0 radical (unpaired) electrons. The Morgan fingerprint density at radius 3 is 2.28 bits per heavy atom. The van der Waals surface area contributed by atoms with E-state index in [9.17, 15) is 9.50 Å². The van der Waals surface area contributed by atoms with Crippen LogP contribution in [0.15, 0.2) is 24.3 Å². The summed E-state index contributed by atoms with van der Waals surface area (Å²) in [5, 5.41) is 9.71. The Morgan fingerprint density at radius 1 is 1.11 bits per heavy atom. The van der Waals surface area contributed by atoms with Crippen LogP contribution in [0.4, 0.5) is 4.39 Å². The van der Waals surface area contributed by atoms with E-state index >= 15 is 0 Å². The number of hydrogen-bond acceptors (Lipinski definition) is 2. The van der Waals surface area contributed by atoms with Crippen molar-refractivity contribution in [1.82, 2.24) is 0 Å². The molecular weight excluding hydrogens is 229 g/mol. The highest BCUT2D eigenvalue weighted by atomic mass is 19.1. The van der Waals surface area contributed by atoms with Gasteiger partial charge in [0.25, 0.3) is 0 Å². The minimum absolute atomic E-state index is 0.148. The molecule has 0 spiro atoms. The summed E-state index contributed by atoms with van der Waals surface area (Å²) < 4.78 is 14.2. The third kappa shape index (κ3) is 1.69. The molecule has 2 saturated carbocycles. The van der Waals surface area contributed by atoms with E-state index in [1.165, 1.54) is 6.07 Å². The van der Waals surface area contributed by atoms with E-state index in [0.29, 0.717) is 0 Å². The van der Waals surface area contributed by atoms with Crippen LogP contribution in [-0.2, 0) is 5.41 Å². The molecule has 0 atom stereocenters. The standard InChI is InChI=1S/C15H20FNO/c16-13-4-2-1-3-12(13)14(15(17)9-10-15)7-5-11(18)6-8-14/h1-4,11,18H,5-10,17H2/t11-,14+. The minimum Gasteiger partial charge on any atom is -0.393 e. The first-order valence-corrected chi connectivity index (χ1v) is 6.79. The van der Waals surface area contributed by atoms with E-state index in [1.54, 1.807) is 6.07 Å². The molecule has 3 N–H and O–H groups in total. The minimum atomic E-state index is -0.266. The maximum absolute atomic E-state index is 14.2. The molecule has 2 aliphatic carbocycles. The molecule has 0 unspecified atom stereocenters. The molecule has 18 heavy (non-hydrogen) atoms. The van der Waals surface area contributed by atoms with E-state index in [0.717, 1.165) is 44.1 Å². The van der Waals surface area contributed by atoms with Gasteiger partial charge in [0.1, 0.15) is 5.82 Å². The van der Waals surface area contributed by atoms with Crippen molar-refractivity contribution in [2.75, 3.05) is 0 Å². The number of nitrogens with two attached hydrogens (primary N) is 1. The Hall–Kier alpha value is -0.930. The van der Waals surface area contributed by atoms with Gasteiger partial charge in [-0.05, 0) is 50.2 Å². The third-order valence-corrected chi connectivity index (χ3v) is 4.94. The van der Waals surface area contributed by atoms with Crippen LogP contribution < -0.4 is 5.73 Å². The molecule has 3 rings (SSSR count). The van der Waals surface area contributed by atoms with Crippen molar-refractivity contribution in [3.63, 3.8) is 0 Å². The number of benzene rings is 1. The second kappa shape index (κ2) is 4.04. The van der Waals surface area contributed by atoms with E-state index in [-0.39, 0.29) is 22.9 Å². The lowest BCUT2D eigenvalue weighted by atomic mass is 9.63. The van der Waals surface area contributed by atoms with Crippen molar-refractivity contribution in [3.8, 4) is 0 Å². The van der Waals surface area contributed by atoms with E-state index in [1.807, 2.05) is 12.1 Å². The zero-order valence-corrected chi connectivity index (χ0v) is 10.5. The van der Waals surface area contributed by atoms with Crippen molar-refractivity contribution in [3.05, 3.63) is 35.6 Å². The predicted molar refractivity (Wildman–Crippen MR) is 68.7 cm³/mol. The highest BCUT2D eigenvalue weighted by molar-refractivity contribution is 5.36. The van der Waals surface area contributed by atoms with Gasteiger partial charge in [0.15, 0.2) is 0 Å². The Kier molecular flexibility index (Phi) is 2.72. The lowest BCUT2D eigenvalue weighted by Crippen LogP contribution is -2.51. The fraction of sp³-hybridized carbons (Fsp3) is 0.600. The summed E-state index contributed by atoms with van der Waals surface area (Å²) in [6.07, 6.45) is 4.75. The molecule has 2 aliphatic rings. The average Bonchev–Trinajstić information content (AvgIpc) is 3.11. The first-order chi connectivity index (χ1) is 8.57. The molecule has 0 bridgehead atoms. The van der Waals surface area contributed by atoms with E-state index < -0.39 is 0 Å². The second-order valence-corrected chi connectivity index (χ2v) is 5.95. The van der Waals surface area contributed by atoms with Gasteiger partial charge >= 0.3 is 0 Å². The van der Waals surface area contributed by atoms with Gasteiger partial charge in [0.05, 0.1) is 6.10 Å². The van der Waals surface area contributed by atoms with Crippen molar-refractivity contribution in [1.29, 1.82) is 0 Å². The van der Waals surface area contributed by atoms with Crippen molar-refractivity contribution < 1.29 is 9.50 Å². The SMILES string of the molecule is NC1([C@]2(c3ccccc3F)CC[C@H](O)CC2)CC1. The monoisotopic (exact) mass is 249 g/mol. The third-order valence-electron chi connectivity index (χ3n) is 4.94. The van der Waals surface area contributed by atoms with Crippen LogP contribution in [0, 0.1) is 5.82 Å². The summed E-state index contributed by atoms with van der Waals surface area (Å²) in [4.78, 5) is 0. The Bertz CT molecular complexity index is 448. The van der Waals surface area contributed by atoms with Crippen molar-refractivity contribution >= 4 is 0 Å². The molecule has 1 aromatic carbocycles. The molecule has 0 aliphatic heterocycles. The summed E-state index contributed by atoms with van der Waals surface area (Å²) in [6.45, 7) is 0. The van der Waals surface area contributed by atoms with Crippen LogP contribution in [0.2, 0.25) is 0 Å². The van der Waals surface area contributed by atoms with Crippen LogP contribution in [0.5, 0.6) is 0 Å². The number of halogens is 1. The fourth-order valence-electron chi connectivity index (χ4n) is 3.59. The molecule has 1 aromatic rings. The van der Waals surface area contributed by atoms with Crippen LogP contribution >= 0.6 is 0 Å². The summed E-state index contributed by atoms with van der Waals surface area (Å²) in [5.41, 5.74) is 6.69. The van der Waals surface area contributed by atoms with Gasteiger partial charge in [-0.15, -0.1) is 0 Å². The van der Waals surface area contributed by atoms with E-state index in [2.05, 4.69) is 0 Å². The molecule has 0 saturated heterocycles. The normalized spacial score (nSPS) is 34.3. The molecule has 0 aromatic heterocycles. The largest absolute Gasteiger partial charge is 0.393 e. The van der Waals surface area contributed by atoms with Gasteiger partial charge in [0, 0.05) is 11.0 Å². The summed E-state index contributed by atoms with van der Waals surface area (Å²) in [5.74, 6) is -0.148. The van der Waals surface area contributed by atoms with Gasteiger partial charge in [-0.1, -0.05) is 18.2 Å². The Morgan fingerprint density at radius 2 is 1.72 bits per heavy atom.